The maximum absolute atomic E-state index is 5.44. The zero-order valence-electron chi connectivity index (χ0n) is 15.1. The first-order valence-corrected chi connectivity index (χ1v) is 8.79. The van der Waals surface area contributed by atoms with Gasteiger partial charge in [0.25, 0.3) is 0 Å². The number of imidazole rings is 1. The number of anilines is 1. The number of pyridine rings is 1. The zero-order valence-corrected chi connectivity index (χ0v) is 16.7. The van der Waals surface area contributed by atoms with Gasteiger partial charge < -0.3 is 14.6 Å². The van der Waals surface area contributed by atoms with Crippen LogP contribution in [0.15, 0.2) is 48.7 Å². The lowest BCUT2D eigenvalue weighted by atomic mass is 10.3. The van der Waals surface area contributed by atoms with E-state index in [4.69, 9.17) is 9.72 Å². The molecule has 1 aliphatic heterocycles. The van der Waals surface area contributed by atoms with E-state index in [1.807, 2.05) is 30.5 Å². The number of halogens is 2. The molecular formula is C19H25Cl2N5O. The van der Waals surface area contributed by atoms with Crippen molar-refractivity contribution < 1.29 is 4.74 Å². The first-order chi connectivity index (χ1) is 12.4. The molecule has 1 aromatic carbocycles. The topological polar surface area (TPSA) is 55.2 Å². The Balaban J connectivity index is 0.00000131. The van der Waals surface area contributed by atoms with Gasteiger partial charge in [0, 0.05) is 32.4 Å². The minimum absolute atomic E-state index is 0. The van der Waals surface area contributed by atoms with E-state index in [0.29, 0.717) is 6.54 Å². The third-order valence-corrected chi connectivity index (χ3v) is 4.55. The molecular weight excluding hydrogens is 385 g/mol. The number of rotatable bonds is 6. The Hall–Kier alpha value is -1.86. The lowest BCUT2D eigenvalue weighted by Crippen LogP contribution is -2.38. The van der Waals surface area contributed by atoms with Crippen LogP contribution in [0.4, 0.5) is 5.95 Å². The molecule has 0 spiro atoms. The van der Waals surface area contributed by atoms with Crippen molar-refractivity contribution in [3.8, 4) is 0 Å². The summed E-state index contributed by atoms with van der Waals surface area (Å²) >= 11 is 0. The molecule has 1 aliphatic rings. The van der Waals surface area contributed by atoms with Crippen molar-refractivity contribution in [2.24, 2.45) is 0 Å². The molecule has 6 nitrogen and oxygen atoms in total. The highest BCUT2D eigenvalue weighted by molar-refractivity contribution is 5.85. The molecule has 0 bridgehead atoms. The van der Waals surface area contributed by atoms with E-state index in [2.05, 4.69) is 38.0 Å². The first kappa shape index (κ1) is 21.4. The second-order valence-electron chi connectivity index (χ2n) is 6.20. The van der Waals surface area contributed by atoms with Crippen molar-refractivity contribution in [1.29, 1.82) is 0 Å². The normalized spacial score (nSPS) is 14.4. The minimum atomic E-state index is 0. The summed E-state index contributed by atoms with van der Waals surface area (Å²) in [4.78, 5) is 11.6. The fourth-order valence-corrected chi connectivity index (χ4v) is 3.18. The third kappa shape index (κ3) is 5.32. The zero-order chi connectivity index (χ0) is 16.9. The molecule has 0 amide bonds. The van der Waals surface area contributed by atoms with E-state index in [-0.39, 0.29) is 24.8 Å². The summed E-state index contributed by atoms with van der Waals surface area (Å²) < 4.78 is 7.71. The van der Waals surface area contributed by atoms with Crippen molar-refractivity contribution in [3.63, 3.8) is 0 Å². The standard InChI is InChI=1S/C19H23N5O.2ClH/c1-2-7-18-17(6-1)22-19(21-15-16-5-3-4-8-20-16)24(18)10-9-23-11-13-25-14-12-23;;/h1-8H,9-15H2,(H,21,22);2*1H. The molecule has 8 heteroatoms. The Morgan fingerprint density at radius 3 is 2.52 bits per heavy atom. The van der Waals surface area contributed by atoms with Crippen LogP contribution in [0.5, 0.6) is 0 Å². The van der Waals surface area contributed by atoms with Crippen molar-refractivity contribution in [2.45, 2.75) is 13.1 Å². The first-order valence-electron chi connectivity index (χ1n) is 8.79. The van der Waals surface area contributed by atoms with Gasteiger partial charge in [0.05, 0.1) is 36.5 Å². The van der Waals surface area contributed by atoms with Crippen LogP contribution < -0.4 is 5.32 Å². The molecule has 0 atom stereocenters. The lowest BCUT2D eigenvalue weighted by Gasteiger charge is -2.27. The Morgan fingerprint density at radius 1 is 0.963 bits per heavy atom. The number of hydrogen-bond acceptors (Lipinski definition) is 5. The van der Waals surface area contributed by atoms with E-state index in [9.17, 15) is 0 Å². The summed E-state index contributed by atoms with van der Waals surface area (Å²) in [6, 6.07) is 14.3. The van der Waals surface area contributed by atoms with E-state index in [1.54, 1.807) is 0 Å². The van der Waals surface area contributed by atoms with Gasteiger partial charge in [0.2, 0.25) is 5.95 Å². The summed E-state index contributed by atoms with van der Waals surface area (Å²) in [7, 11) is 0. The van der Waals surface area contributed by atoms with Gasteiger partial charge in [0.1, 0.15) is 0 Å². The monoisotopic (exact) mass is 409 g/mol. The van der Waals surface area contributed by atoms with Crippen molar-refractivity contribution in [3.05, 3.63) is 54.4 Å². The number of nitrogens with zero attached hydrogens (tertiary/aromatic N) is 4. The number of aromatic nitrogens is 3. The van der Waals surface area contributed by atoms with Gasteiger partial charge in [-0.1, -0.05) is 18.2 Å². The molecule has 3 heterocycles. The van der Waals surface area contributed by atoms with Gasteiger partial charge in [0.15, 0.2) is 0 Å². The number of ether oxygens (including phenoxy) is 1. The second kappa shape index (κ2) is 10.5. The molecule has 1 saturated heterocycles. The fraction of sp³-hybridized carbons (Fsp3) is 0.368. The molecule has 3 aromatic rings. The highest BCUT2D eigenvalue weighted by Gasteiger charge is 2.14. The smallest absolute Gasteiger partial charge is 0.204 e. The largest absolute Gasteiger partial charge is 0.379 e. The highest BCUT2D eigenvalue weighted by Crippen LogP contribution is 2.20. The van der Waals surface area contributed by atoms with Gasteiger partial charge >= 0.3 is 0 Å². The maximum Gasteiger partial charge on any atom is 0.204 e. The van der Waals surface area contributed by atoms with Crippen molar-refractivity contribution in [1.82, 2.24) is 19.4 Å². The molecule has 146 valence electrons. The molecule has 0 radical (unpaired) electrons. The average molecular weight is 410 g/mol. The molecule has 0 saturated carbocycles. The van der Waals surface area contributed by atoms with E-state index < -0.39 is 0 Å². The number of para-hydroxylation sites is 2. The van der Waals surface area contributed by atoms with Crippen LogP contribution in [0.25, 0.3) is 11.0 Å². The van der Waals surface area contributed by atoms with Crippen LogP contribution in [0.3, 0.4) is 0 Å². The third-order valence-electron chi connectivity index (χ3n) is 4.55. The molecule has 1 N–H and O–H groups in total. The van der Waals surface area contributed by atoms with Crippen LogP contribution in [-0.4, -0.2) is 52.3 Å². The molecule has 27 heavy (non-hydrogen) atoms. The van der Waals surface area contributed by atoms with Crippen molar-refractivity contribution >= 4 is 41.8 Å². The van der Waals surface area contributed by atoms with Gasteiger partial charge in [-0.05, 0) is 24.3 Å². The van der Waals surface area contributed by atoms with Gasteiger partial charge in [-0.25, -0.2) is 4.98 Å². The SMILES string of the molecule is Cl.Cl.c1ccc(CNc2nc3ccccc3n2CCN2CCOCC2)nc1. The molecule has 0 unspecified atom stereocenters. The highest BCUT2D eigenvalue weighted by atomic mass is 35.5. The Labute approximate surface area is 171 Å². The second-order valence-corrected chi connectivity index (χ2v) is 6.20. The summed E-state index contributed by atoms with van der Waals surface area (Å²) in [5.74, 6) is 0.903. The van der Waals surface area contributed by atoms with Gasteiger partial charge in [-0.2, -0.15) is 0 Å². The molecule has 1 fully saturated rings. The fourth-order valence-electron chi connectivity index (χ4n) is 3.18. The average Bonchev–Trinajstić information content (AvgIpc) is 3.04. The Morgan fingerprint density at radius 2 is 1.74 bits per heavy atom. The number of nitrogens with one attached hydrogen (secondary N) is 1. The molecule has 4 rings (SSSR count). The summed E-state index contributed by atoms with van der Waals surface area (Å²) in [6.07, 6.45) is 1.82. The predicted molar refractivity (Wildman–Crippen MR) is 113 cm³/mol. The van der Waals surface area contributed by atoms with Crippen LogP contribution >= 0.6 is 24.8 Å². The Kier molecular flexibility index (Phi) is 8.31. The number of morpholine rings is 1. The lowest BCUT2D eigenvalue weighted by molar-refractivity contribution is 0.0366. The maximum atomic E-state index is 5.44. The van der Waals surface area contributed by atoms with Crippen LogP contribution in [0, 0.1) is 0 Å². The van der Waals surface area contributed by atoms with E-state index in [0.717, 1.165) is 56.6 Å². The number of fused-ring (bicyclic) bond motifs is 1. The van der Waals surface area contributed by atoms with Gasteiger partial charge in [-0.15, -0.1) is 24.8 Å². The summed E-state index contributed by atoms with van der Waals surface area (Å²) in [5.41, 5.74) is 3.20. The van der Waals surface area contributed by atoms with Crippen LogP contribution in [0.2, 0.25) is 0 Å². The molecule has 2 aromatic heterocycles. The van der Waals surface area contributed by atoms with Crippen LogP contribution in [-0.2, 0) is 17.8 Å². The number of hydrogen-bond donors (Lipinski definition) is 1. The van der Waals surface area contributed by atoms with Crippen LogP contribution in [0.1, 0.15) is 5.69 Å². The predicted octanol–water partition coefficient (Wildman–Crippen LogP) is 3.22. The summed E-state index contributed by atoms with van der Waals surface area (Å²) in [6.45, 7) is 6.24. The van der Waals surface area contributed by atoms with E-state index >= 15 is 0 Å². The van der Waals surface area contributed by atoms with Crippen molar-refractivity contribution in [2.75, 3.05) is 38.2 Å². The Bertz CT molecular complexity index is 821. The van der Waals surface area contributed by atoms with E-state index in [1.165, 1.54) is 5.52 Å². The minimum Gasteiger partial charge on any atom is -0.379 e. The quantitative estimate of drug-likeness (QED) is 0.677. The molecule has 0 aliphatic carbocycles. The number of benzene rings is 1. The van der Waals surface area contributed by atoms with Gasteiger partial charge in [-0.3, -0.25) is 9.88 Å². The summed E-state index contributed by atoms with van der Waals surface area (Å²) in [5, 5.41) is 3.45.